The number of pyridine rings is 1. The van der Waals surface area contributed by atoms with E-state index in [1.807, 2.05) is 0 Å². The fourth-order valence-electron chi connectivity index (χ4n) is 2.21. The molecule has 1 aromatic carbocycles. The Morgan fingerprint density at radius 1 is 1.00 bits per heavy atom. The molecule has 134 valence electrons. The van der Waals surface area contributed by atoms with Gasteiger partial charge in [-0.3, -0.25) is 0 Å². The lowest BCUT2D eigenvalue weighted by molar-refractivity contribution is -0.0691. The van der Waals surface area contributed by atoms with Crippen molar-refractivity contribution in [1.82, 2.24) is 4.98 Å². The maximum atomic E-state index is 14.7. The fourth-order valence-corrected chi connectivity index (χ4v) is 2.21. The molecule has 1 N–H and O–H groups in total. The zero-order chi connectivity index (χ0) is 19.2. The van der Waals surface area contributed by atoms with Crippen LogP contribution in [-0.2, 0) is 5.60 Å². The molecule has 0 atom stereocenters. The molecule has 0 bridgehead atoms. The van der Waals surface area contributed by atoms with Gasteiger partial charge in [-0.2, -0.15) is 13.2 Å². The molecular weight excluding hydrogens is 348 g/mol. The molecule has 0 aliphatic heterocycles. The van der Waals surface area contributed by atoms with Crippen LogP contribution in [0.5, 0.6) is 0 Å². The van der Waals surface area contributed by atoms with Crippen LogP contribution in [0.2, 0.25) is 0 Å². The molecule has 0 aliphatic carbocycles. The van der Waals surface area contributed by atoms with E-state index in [0.717, 1.165) is 38.1 Å². The molecule has 0 spiro atoms. The Balaban J connectivity index is 2.85. The quantitative estimate of drug-likeness (QED) is 0.783. The average molecular weight is 361 g/mol. The van der Waals surface area contributed by atoms with Gasteiger partial charge in [0.05, 0.1) is 16.7 Å². The van der Waals surface area contributed by atoms with Crippen LogP contribution in [0.15, 0.2) is 30.8 Å². The van der Waals surface area contributed by atoms with Crippen LogP contribution in [0.4, 0.5) is 26.3 Å². The molecule has 0 amide bonds. The summed E-state index contributed by atoms with van der Waals surface area (Å²) in [5.74, 6) is -3.65. The van der Waals surface area contributed by atoms with E-state index in [1.165, 1.54) is 0 Å². The Morgan fingerprint density at radius 2 is 1.52 bits per heavy atom. The molecule has 2 nitrogen and oxygen atoms in total. The molecular formula is C17H13F6NO. The van der Waals surface area contributed by atoms with Crippen LogP contribution in [0, 0.1) is 17.5 Å². The lowest BCUT2D eigenvalue weighted by atomic mass is 9.93. The molecule has 0 saturated heterocycles. The third kappa shape index (κ3) is 3.68. The second kappa shape index (κ2) is 6.18. The van der Waals surface area contributed by atoms with E-state index >= 15 is 0 Å². The number of halogens is 6. The predicted molar refractivity (Wildman–Crippen MR) is 79.9 cm³/mol. The van der Waals surface area contributed by atoms with Crippen LogP contribution < -0.4 is 0 Å². The van der Waals surface area contributed by atoms with E-state index in [4.69, 9.17) is 0 Å². The molecule has 2 rings (SSSR count). The lowest BCUT2D eigenvalue weighted by Crippen LogP contribution is -2.24. The Morgan fingerprint density at radius 3 is 1.96 bits per heavy atom. The lowest BCUT2D eigenvalue weighted by Gasteiger charge is -2.23. The third-order valence-corrected chi connectivity index (χ3v) is 3.44. The van der Waals surface area contributed by atoms with Gasteiger partial charge in [-0.25, -0.2) is 18.2 Å². The fraction of sp³-hybridized carbons (Fsp3) is 0.235. The smallest absolute Gasteiger partial charge is 0.386 e. The number of aliphatic hydroxyl groups is 1. The highest BCUT2D eigenvalue weighted by Crippen LogP contribution is 2.39. The standard InChI is InChI=1S/C17H13F6NO/c1-8(17(21,22)23)14-12(19)11(16(2,3)25)13(20)15(24-14)9-4-6-10(18)7-5-9/h4-7,25H,1H2,2-3H3. The van der Waals surface area contributed by atoms with E-state index in [9.17, 15) is 31.4 Å². The monoisotopic (exact) mass is 361 g/mol. The second-order valence-electron chi connectivity index (χ2n) is 5.85. The van der Waals surface area contributed by atoms with Gasteiger partial charge in [-0.05, 0) is 38.1 Å². The van der Waals surface area contributed by atoms with Crippen LogP contribution in [0.3, 0.4) is 0 Å². The van der Waals surface area contributed by atoms with Crippen molar-refractivity contribution in [3.8, 4) is 11.3 Å². The number of hydrogen-bond donors (Lipinski definition) is 1. The Hall–Kier alpha value is -2.35. The van der Waals surface area contributed by atoms with E-state index < -0.39 is 51.8 Å². The minimum atomic E-state index is -5.01. The highest BCUT2D eigenvalue weighted by molar-refractivity contribution is 5.70. The number of allylic oxidation sites excluding steroid dienone is 1. The highest BCUT2D eigenvalue weighted by atomic mass is 19.4. The van der Waals surface area contributed by atoms with Crippen LogP contribution in [0.25, 0.3) is 16.8 Å². The van der Waals surface area contributed by atoms with Gasteiger partial charge >= 0.3 is 6.18 Å². The number of hydrogen-bond acceptors (Lipinski definition) is 2. The summed E-state index contributed by atoms with van der Waals surface area (Å²) in [7, 11) is 0. The second-order valence-corrected chi connectivity index (χ2v) is 5.85. The summed E-state index contributed by atoms with van der Waals surface area (Å²) < 4.78 is 81.0. The van der Waals surface area contributed by atoms with E-state index in [-0.39, 0.29) is 5.56 Å². The Bertz CT molecular complexity index is 819. The van der Waals surface area contributed by atoms with Crippen LogP contribution in [-0.4, -0.2) is 16.3 Å². The van der Waals surface area contributed by atoms with Gasteiger partial charge in [0.15, 0.2) is 11.6 Å². The summed E-state index contributed by atoms with van der Waals surface area (Å²) in [6.07, 6.45) is -5.01. The minimum absolute atomic E-state index is 0.0828. The number of alkyl halides is 3. The summed E-state index contributed by atoms with van der Waals surface area (Å²) >= 11 is 0. The van der Waals surface area contributed by atoms with E-state index in [0.29, 0.717) is 0 Å². The first-order valence-corrected chi connectivity index (χ1v) is 6.98. The normalized spacial score (nSPS) is 12.4. The van der Waals surface area contributed by atoms with Gasteiger partial charge in [0.1, 0.15) is 17.2 Å². The van der Waals surface area contributed by atoms with Gasteiger partial charge in [0.25, 0.3) is 0 Å². The molecule has 0 radical (unpaired) electrons. The number of benzene rings is 1. The molecule has 1 heterocycles. The first-order valence-electron chi connectivity index (χ1n) is 6.98. The third-order valence-electron chi connectivity index (χ3n) is 3.44. The van der Waals surface area contributed by atoms with Crippen molar-refractivity contribution in [3.63, 3.8) is 0 Å². The number of aromatic nitrogens is 1. The number of nitrogens with zero attached hydrogens (tertiary/aromatic N) is 1. The van der Waals surface area contributed by atoms with Crippen molar-refractivity contribution in [2.75, 3.05) is 0 Å². The molecule has 2 aromatic rings. The van der Waals surface area contributed by atoms with Gasteiger partial charge < -0.3 is 5.11 Å². The van der Waals surface area contributed by atoms with Gasteiger partial charge in [-0.1, -0.05) is 6.58 Å². The summed E-state index contributed by atoms with van der Waals surface area (Å²) in [6, 6.07) is 4.05. The van der Waals surface area contributed by atoms with Crippen molar-refractivity contribution < 1.29 is 31.4 Å². The van der Waals surface area contributed by atoms with Crippen LogP contribution >= 0.6 is 0 Å². The Labute approximate surface area is 139 Å². The maximum Gasteiger partial charge on any atom is 0.418 e. The van der Waals surface area contributed by atoms with Crippen molar-refractivity contribution in [2.45, 2.75) is 25.6 Å². The molecule has 0 unspecified atom stereocenters. The van der Waals surface area contributed by atoms with Crippen molar-refractivity contribution in [1.29, 1.82) is 0 Å². The van der Waals surface area contributed by atoms with Crippen LogP contribution in [0.1, 0.15) is 25.1 Å². The van der Waals surface area contributed by atoms with Crippen molar-refractivity contribution in [3.05, 3.63) is 59.6 Å². The first-order chi connectivity index (χ1) is 11.3. The minimum Gasteiger partial charge on any atom is -0.386 e. The predicted octanol–water partition coefficient (Wildman–Crippen LogP) is 4.97. The SMILES string of the molecule is C=C(c1nc(-c2ccc(F)cc2)c(F)c(C(C)(C)O)c1F)C(F)(F)F. The highest BCUT2D eigenvalue weighted by Gasteiger charge is 2.39. The van der Waals surface area contributed by atoms with Gasteiger partial charge in [0, 0.05) is 5.56 Å². The summed E-state index contributed by atoms with van der Waals surface area (Å²) in [6.45, 7) is 4.80. The largest absolute Gasteiger partial charge is 0.418 e. The van der Waals surface area contributed by atoms with E-state index in [2.05, 4.69) is 11.6 Å². The summed E-state index contributed by atoms with van der Waals surface area (Å²) in [5.41, 5.74) is -6.71. The average Bonchev–Trinajstić information content (AvgIpc) is 2.46. The van der Waals surface area contributed by atoms with Crippen molar-refractivity contribution >= 4 is 5.57 Å². The molecule has 0 fully saturated rings. The topological polar surface area (TPSA) is 33.1 Å². The zero-order valence-corrected chi connectivity index (χ0v) is 13.2. The summed E-state index contributed by atoms with van der Waals surface area (Å²) in [4.78, 5) is 3.41. The summed E-state index contributed by atoms with van der Waals surface area (Å²) in [5, 5.41) is 10.00. The Kier molecular flexibility index (Phi) is 4.69. The molecule has 0 saturated carbocycles. The first kappa shape index (κ1) is 19.0. The molecule has 1 aromatic heterocycles. The maximum absolute atomic E-state index is 14.7. The molecule has 0 aliphatic rings. The zero-order valence-electron chi connectivity index (χ0n) is 13.2. The van der Waals surface area contributed by atoms with E-state index in [1.54, 1.807) is 0 Å². The van der Waals surface area contributed by atoms with Gasteiger partial charge in [-0.15, -0.1) is 0 Å². The van der Waals surface area contributed by atoms with Gasteiger partial charge in [0.2, 0.25) is 0 Å². The molecule has 25 heavy (non-hydrogen) atoms. The molecule has 8 heteroatoms. The number of rotatable bonds is 3. The van der Waals surface area contributed by atoms with Crippen molar-refractivity contribution in [2.24, 2.45) is 0 Å².